The van der Waals surface area contributed by atoms with E-state index in [0.717, 1.165) is 12.1 Å². The Morgan fingerprint density at radius 2 is 2.14 bits per heavy atom. The molecule has 112 valence electrons. The summed E-state index contributed by atoms with van der Waals surface area (Å²) in [6.45, 7) is 1.60. The van der Waals surface area contributed by atoms with Gasteiger partial charge >= 0.3 is 6.18 Å². The van der Waals surface area contributed by atoms with Crippen molar-refractivity contribution in [2.75, 3.05) is 5.32 Å². The highest BCUT2D eigenvalue weighted by Gasteiger charge is 2.35. The van der Waals surface area contributed by atoms with Crippen molar-refractivity contribution in [3.05, 3.63) is 51.7 Å². The maximum atomic E-state index is 12.9. The Bertz CT molecular complexity index is 667. The fourth-order valence-corrected chi connectivity index (χ4v) is 1.69. The first-order chi connectivity index (χ1) is 9.77. The Morgan fingerprint density at radius 1 is 1.43 bits per heavy atom. The van der Waals surface area contributed by atoms with Gasteiger partial charge in [0.15, 0.2) is 0 Å². The molecule has 1 heterocycles. The number of nitro benzene ring substituents is 1. The second-order valence-corrected chi connectivity index (χ2v) is 4.20. The van der Waals surface area contributed by atoms with Crippen LogP contribution in [0.15, 0.2) is 28.8 Å². The summed E-state index contributed by atoms with van der Waals surface area (Å²) in [6, 6.07) is 2.50. The van der Waals surface area contributed by atoms with Crippen molar-refractivity contribution in [3.8, 4) is 0 Å². The Kier molecular flexibility index (Phi) is 3.83. The number of non-ortho nitro benzene ring substituents is 1. The topological polar surface area (TPSA) is 81.2 Å². The first-order valence-electron chi connectivity index (χ1n) is 5.78. The van der Waals surface area contributed by atoms with Gasteiger partial charge in [-0.1, -0.05) is 0 Å². The van der Waals surface area contributed by atoms with Crippen LogP contribution in [0.1, 0.15) is 17.2 Å². The fraction of sp³-hybridized carbons (Fsp3) is 0.250. The largest absolute Gasteiger partial charge is 0.444 e. The standard InChI is InChI=1S/C12H10F3N3O3/c1-7-5-17-11(21-7)6-16-10-3-2-8(18(19)20)4-9(10)12(13,14)15/h2-5,16H,6H2,1H3. The van der Waals surface area contributed by atoms with Crippen molar-refractivity contribution in [1.29, 1.82) is 0 Å². The first-order valence-corrected chi connectivity index (χ1v) is 5.78. The summed E-state index contributed by atoms with van der Waals surface area (Å²) in [4.78, 5) is 13.5. The maximum absolute atomic E-state index is 12.9. The molecule has 0 saturated heterocycles. The number of hydrogen-bond acceptors (Lipinski definition) is 5. The van der Waals surface area contributed by atoms with E-state index in [4.69, 9.17) is 4.42 Å². The molecule has 1 N–H and O–H groups in total. The Morgan fingerprint density at radius 3 is 2.67 bits per heavy atom. The second kappa shape index (κ2) is 5.43. The molecule has 0 unspecified atom stereocenters. The van der Waals surface area contributed by atoms with Gasteiger partial charge in [0, 0.05) is 17.8 Å². The lowest BCUT2D eigenvalue weighted by Crippen LogP contribution is -2.11. The highest BCUT2D eigenvalue weighted by Crippen LogP contribution is 2.37. The van der Waals surface area contributed by atoms with Crippen LogP contribution in [0.3, 0.4) is 0 Å². The van der Waals surface area contributed by atoms with Crippen molar-refractivity contribution in [3.63, 3.8) is 0 Å². The van der Waals surface area contributed by atoms with Gasteiger partial charge in [-0.2, -0.15) is 13.2 Å². The van der Waals surface area contributed by atoms with Gasteiger partial charge < -0.3 is 9.73 Å². The molecule has 6 nitrogen and oxygen atoms in total. The Hall–Kier alpha value is -2.58. The fourth-order valence-electron chi connectivity index (χ4n) is 1.69. The molecule has 0 bridgehead atoms. The SMILES string of the molecule is Cc1cnc(CNc2ccc([N+](=O)[O-])cc2C(F)(F)F)o1. The zero-order valence-electron chi connectivity index (χ0n) is 10.8. The predicted octanol–water partition coefficient (Wildman–Crippen LogP) is 3.52. The van der Waals surface area contributed by atoms with Gasteiger partial charge in [0.1, 0.15) is 5.76 Å². The summed E-state index contributed by atoms with van der Waals surface area (Å²) in [5.41, 5.74) is -2.01. The monoisotopic (exact) mass is 301 g/mol. The summed E-state index contributed by atoms with van der Waals surface area (Å²) >= 11 is 0. The molecule has 0 saturated carbocycles. The summed E-state index contributed by atoms with van der Waals surface area (Å²) < 4.78 is 43.9. The van der Waals surface area contributed by atoms with E-state index in [2.05, 4.69) is 10.3 Å². The van der Waals surface area contributed by atoms with E-state index in [9.17, 15) is 23.3 Å². The molecule has 0 aliphatic rings. The molecule has 0 radical (unpaired) electrons. The molecule has 0 spiro atoms. The maximum Gasteiger partial charge on any atom is 0.418 e. The normalized spacial score (nSPS) is 11.4. The number of nitro groups is 1. The summed E-state index contributed by atoms with van der Waals surface area (Å²) in [7, 11) is 0. The molecule has 1 aromatic carbocycles. The van der Waals surface area contributed by atoms with Crippen LogP contribution in [0.25, 0.3) is 0 Å². The van der Waals surface area contributed by atoms with Gasteiger partial charge in [0.25, 0.3) is 5.69 Å². The number of nitrogens with one attached hydrogen (secondary N) is 1. The Balaban J connectivity index is 2.27. The second-order valence-electron chi connectivity index (χ2n) is 4.20. The lowest BCUT2D eigenvalue weighted by Gasteiger charge is -2.13. The van der Waals surface area contributed by atoms with E-state index in [-0.39, 0.29) is 18.1 Å². The smallest absolute Gasteiger partial charge is 0.418 e. The van der Waals surface area contributed by atoms with E-state index in [0.29, 0.717) is 11.8 Å². The van der Waals surface area contributed by atoms with Crippen LogP contribution < -0.4 is 5.32 Å². The number of hydrogen-bond donors (Lipinski definition) is 1. The molecule has 0 aliphatic carbocycles. The van der Waals surface area contributed by atoms with E-state index >= 15 is 0 Å². The minimum absolute atomic E-state index is 0.0608. The van der Waals surface area contributed by atoms with Crippen LogP contribution in [0, 0.1) is 17.0 Å². The van der Waals surface area contributed by atoms with Crippen molar-refractivity contribution in [2.45, 2.75) is 19.6 Å². The van der Waals surface area contributed by atoms with Gasteiger partial charge in [-0.3, -0.25) is 10.1 Å². The van der Waals surface area contributed by atoms with E-state index in [1.165, 1.54) is 6.20 Å². The van der Waals surface area contributed by atoms with Crippen LogP contribution in [0.5, 0.6) is 0 Å². The minimum atomic E-state index is -4.71. The number of alkyl halides is 3. The molecule has 0 atom stereocenters. The highest BCUT2D eigenvalue weighted by atomic mass is 19.4. The molecule has 21 heavy (non-hydrogen) atoms. The van der Waals surface area contributed by atoms with Crippen LogP contribution >= 0.6 is 0 Å². The average Bonchev–Trinajstić information content (AvgIpc) is 2.81. The number of oxazole rings is 1. The average molecular weight is 301 g/mol. The molecule has 2 rings (SSSR count). The third kappa shape index (κ3) is 3.50. The molecule has 0 aliphatic heterocycles. The molecular formula is C12H10F3N3O3. The molecule has 0 fully saturated rings. The third-order valence-corrected chi connectivity index (χ3v) is 2.62. The van der Waals surface area contributed by atoms with Gasteiger partial charge in [0.05, 0.1) is 23.2 Å². The molecular weight excluding hydrogens is 291 g/mol. The molecule has 9 heteroatoms. The molecule has 1 aromatic heterocycles. The lowest BCUT2D eigenvalue weighted by atomic mass is 10.1. The number of aryl methyl sites for hydroxylation is 1. The highest BCUT2D eigenvalue weighted by molar-refractivity contribution is 5.57. The van der Waals surface area contributed by atoms with Crippen LogP contribution in [0.2, 0.25) is 0 Å². The number of nitrogens with zero attached hydrogens (tertiary/aromatic N) is 2. The van der Waals surface area contributed by atoms with E-state index < -0.39 is 22.4 Å². The summed E-state index contributed by atoms with van der Waals surface area (Å²) in [6.07, 6.45) is -3.27. The van der Waals surface area contributed by atoms with E-state index in [1.54, 1.807) is 6.92 Å². The number of benzene rings is 1. The van der Waals surface area contributed by atoms with Crippen molar-refractivity contribution in [2.24, 2.45) is 0 Å². The van der Waals surface area contributed by atoms with Crippen LogP contribution in [-0.2, 0) is 12.7 Å². The zero-order valence-corrected chi connectivity index (χ0v) is 10.8. The molecule has 0 amide bonds. The van der Waals surface area contributed by atoms with Crippen LogP contribution in [-0.4, -0.2) is 9.91 Å². The van der Waals surface area contributed by atoms with Gasteiger partial charge in [0.2, 0.25) is 5.89 Å². The van der Waals surface area contributed by atoms with Crippen molar-refractivity contribution >= 4 is 11.4 Å². The quantitative estimate of drug-likeness (QED) is 0.690. The van der Waals surface area contributed by atoms with Gasteiger partial charge in [-0.15, -0.1) is 0 Å². The minimum Gasteiger partial charge on any atom is -0.444 e. The summed E-state index contributed by atoms with van der Waals surface area (Å²) in [5, 5.41) is 13.1. The number of anilines is 1. The summed E-state index contributed by atoms with van der Waals surface area (Å²) in [5.74, 6) is 0.755. The number of halogens is 3. The Labute approximate surface area is 116 Å². The third-order valence-electron chi connectivity index (χ3n) is 2.62. The number of rotatable bonds is 4. The van der Waals surface area contributed by atoms with E-state index in [1.807, 2.05) is 0 Å². The van der Waals surface area contributed by atoms with Crippen molar-refractivity contribution in [1.82, 2.24) is 4.98 Å². The molecule has 2 aromatic rings. The predicted molar refractivity (Wildman–Crippen MR) is 66.7 cm³/mol. The van der Waals surface area contributed by atoms with Gasteiger partial charge in [-0.05, 0) is 13.0 Å². The lowest BCUT2D eigenvalue weighted by molar-refractivity contribution is -0.385. The first kappa shape index (κ1) is 14.8. The number of aromatic nitrogens is 1. The zero-order chi connectivity index (χ0) is 15.6. The van der Waals surface area contributed by atoms with Crippen LogP contribution in [0.4, 0.5) is 24.5 Å². The van der Waals surface area contributed by atoms with Gasteiger partial charge in [-0.25, -0.2) is 4.98 Å². The van der Waals surface area contributed by atoms with Crippen molar-refractivity contribution < 1.29 is 22.5 Å².